The van der Waals surface area contributed by atoms with Crippen LogP contribution in [0.4, 0.5) is 4.39 Å². The van der Waals surface area contributed by atoms with Gasteiger partial charge in [-0.05, 0) is 45.9 Å². The molecule has 0 atom stereocenters. The second kappa shape index (κ2) is 4.88. The van der Waals surface area contributed by atoms with Gasteiger partial charge in [-0.25, -0.2) is 4.39 Å². The summed E-state index contributed by atoms with van der Waals surface area (Å²) in [6.45, 7) is 6.25. The fourth-order valence-corrected chi connectivity index (χ4v) is 1.21. The van der Waals surface area contributed by atoms with Crippen molar-refractivity contribution >= 4 is 12.6 Å². The molecule has 0 saturated heterocycles. The van der Waals surface area contributed by atoms with Crippen molar-refractivity contribution in [2.24, 2.45) is 0 Å². The standard InChI is InChI=1S/C12H18BFO4/c1-11(2,16)12(3,4)18-13(17)9-7-8(14)5-6-10(9)15/h5-7,15-17H,1-4H3. The quantitative estimate of drug-likeness (QED) is 0.696. The van der Waals surface area contributed by atoms with Gasteiger partial charge in [0, 0.05) is 5.46 Å². The molecular weight excluding hydrogens is 238 g/mol. The van der Waals surface area contributed by atoms with Crippen molar-refractivity contribution in [2.45, 2.75) is 38.9 Å². The van der Waals surface area contributed by atoms with Crippen LogP contribution in [0.5, 0.6) is 5.75 Å². The predicted molar refractivity (Wildman–Crippen MR) is 67.1 cm³/mol. The van der Waals surface area contributed by atoms with Crippen LogP contribution in [0.2, 0.25) is 0 Å². The van der Waals surface area contributed by atoms with E-state index in [-0.39, 0.29) is 11.2 Å². The highest BCUT2D eigenvalue weighted by Crippen LogP contribution is 2.25. The van der Waals surface area contributed by atoms with Crippen LogP contribution in [0.15, 0.2) is 18.2 Å². The smallest absolute Gasteiger partial charge is 0.495 e. The van der Waals surface area contributed by atoms with Crippen LogP contribution >= 0.6 is 0 Å². The zero-order chi connectivity index (χ0) is 14.1. The molecule has 1 aromatic rings. The largest absolute Gasteiger partial charge is 0.508 e. The number of benzene rings is 1. The molecule has 0 unspecified atom stereocenters. The Morgan fingerprint density at radius 1 is 1.22 bits per heavy atom. The first kappa shape index (κ1) is 15.0. The third-order valence-corrected chi connectivity index (χ3v) is 3.14. The lowest BCUT2D eigenvalue weighted by molar-refractivity contribution is -0.0983. The fourth-order valence-electron chi connectivity index (χ4n) is 1.21. The molecule has 18 heavy (non-hydrogen) atoms. The second-order valence-corrected chi connectivity index (χ2v) is 5.24. The zero-order valence-corrected chi connectivity index (χ0v) is 10.9. The number of hydrogen-bond donors (Lipinski definition) is 3. The molecule has 0 radical (unpaired) electrons. The van der Waals surface area contributed by atoms with Crippen molar-refractivity contribution in [3.63, 3.8) is 0 Å². The van der Waals surface area contributed by atoms with E-state index in [0.29, 0.717) is 0 Å². The van der Waals surface area contributed by atoms with Gasteiger partial charge in [0.25, 0.3) is 0 Å². The summed E-state index contributed by atoms with van der Waals surface area (Å²) in [4.78, 5) is 0. The molecule has 100 valence electrons. The molecule has 0 saturated carbocycles. The summed E-state index contributed by atoms with van der Waals surface area (Å²) in [5.74, 6) is -0.859. The minimum Gasteiger partial charge on any atom is -0.508 e. The van der Waals surface area contributed by atoms with Gasteiger partial charge in [0.1, 0.15) is 11.6 Å². The van der Waals surface area contributed by atoms with Crippen molar-refractivity contribution in [1.82, 2.24) is 0 Å². The molecule has 0 amide bonds. The van der Waals surface area contributed by atoms with Gasteiger partial charge in [-0.15, -0.1) is 0 Å². The van der Waals surface area contributed by atoms with Crippen LogP contribution in [0.3, 0.4) is 0 Å². The number of hydrogen-bond acceptors (Lipinski definition) is 4. The lowest BCUT2D eigenvalue weighted by Gasteiger charge is -2.38. The van der Waals surface area contributed by atoms with Crippen LogP contribution in [-0.4, -0.2) is 33.6 Å². The first-order chi connectivity index (χ1) is 8.04. The van der Waals surface area contributed by atoms with Gasteiger partial charge >= 0.3 is 7.12 Å². The zero-order valence-electron chi connectivity index (χ0n) is 10.9. The van der Waals surface area contributed by atoms with Crippen molar-refractivity contribution in [2.75, 3.05) is 0 Å². The summed E-state index contributed by atoms with van der Waals surface area (Å²) < 4.78 is 18.4. The van der Waals surface area contributed by atoms with Crippen molar-refractivity contribution in [1.29, 1.82) is 0 Å². The highest BCUT2D eigenvalue weighted by molar-refractivity contribution is 6.61. The van der Waals surface area contributed by atoms with Crippen LogP contribution < -0.4 is 5.46 Å². The normalized spacial score (nSPS) is 12.6. The number of phenols is 1. The lowest BCUT2D eigenvalue weighted by Crippen LogP contribution is -2.53. The Bertz CT molecular complexity index is 429. The minimum absolute atomic E-state index is 0.0766. The molecule has 1 aromatic carbocycles. The molecule has 0 aromatic heterocycles. The van der Waals surface area contributed by atoms with Crippen LogP contribution in [0, 0.1) is 5.82 Å². The Morgan fingerprint density at radius 2 is 1.78 bits per heavy atom. The third kappa shape index (κ3) is 3.22. The van der Waals surface area contributed by atoms with E-state index in [1.807, 2.05) is 0 Å². The average Bonchev–Trinajstić information content (AvgIpc) is 2.19. The predicted octanol–water partition coefficient (Wildman–Crippen LogP) is 0.785. The monoisotopic (exact) mass is 256 g/mol. The first-order valence-electron chi connectivity index (χ1n) is 5.61. The SMILES string of the molecule is CC(C)(O)C(C)(C)OB(O)c1cc(F)ccc1O. The number of aromatic hydroxyl groups is 1. The summed E-state index contributed by atoms with van der Waals surface area (Å²) >= 11 is 0. The molecule has 4 nitrogen and oxygen atoms in total. The molecular formula is C12H18BFO4. The molecule has 0 aliphatic carbocycles. The van der Waals surface area contributed by atoms with Gasteiger partial charge in [0.2, 0.25) is 0 Å². The summed E-state index contributed by atoms with van der Waals surface area (Å²) in [7, 11) is -1.53. The van der Waals surface area contributed by atoms with Crippen molar-refractivity contribution in [3.05, 3.63) is 24.0 Å². The van der Waals surface area contributed by atoms with E-state index in [9.17, 15) is 19.6 Å². The van der Waals surface area contributed by atoms with Crippen molar-refractivity contribution < 1.29 is 24.3 Å². The van der Waals surface area contributed by atoms with Crippen molar-refractivity contribution in [3.8, 4) is 5.75 Å². The Morgan fingerprint density at radius 3 is 2.28 bits per heavy atom. The topological polar surface area (TPSA) is 69.9 Å². The van der Waals surface area contributed by atoms with Gasteiger partial charge in [0.05, 0.1) is 11.2 Å². The maximum Gasteiger partial charge on any atom is 0.495 e. The summed E-state index contributed by atoms with van der Waals surface area (Å²) in [6, 6.07) is 3.20. The second-order valence-electron chi connectivity index (χ2n) is 5.24. The van der Waals surface area contributed by atoms with Gasteiger partial charge in [-0.3, -0.25) is 0 Å². The van der Waals surface area contributed by atoms with E-state index in [2.05, 4.69) is 0 Å². The maximum atomic E-state index is 13.0. The van der Waals surface area contributed by atoms with E-state index in [1.54, 1.807) is 13.8 Å². The number of aliphatic hydroxyl groups is 1. The number of rotatable bonds is 4. The Kier molecular flexibility index (Phi) is 4.05. The van der Waals surface area contributed by atoms with Crippen LogP contribution in [-0.2, 0) is 4.65 Å². The summed E-state index contributed by atoms with van der Waals surface area (Å²) in [5, 5.41) is 29.3. The number of halogens is 1. The van der Waals surface area contributed by atoms with E-state index in [4.69, 9.17) is 4.65 Å². The Labute approximate surface area is 106 Å². The molecule has 0 heterocycles. The van der Waals surface area contributed by atoms with E-state index in [1.165, 1.54) is 13.8 Å². The molecule has 3 N–H and O–H groups in total. The molecule has 0 aliphatic rings. The summed E-state index contributed by atoms with van der Waals surface area (Å²) in [6.07, 6.45) is 0. The van der Waals surface area contributed by atoms with Gasteiger partial charge in [-0.1, -0.05) is 0 Å². The molecule has 1 rings (SSSR count). The van der Waals surface area contributed by atoms with Crippen LogP contribution in [0.1, 0.15) is 27.7 Å². The Hall–Kier alpha value is -1.11. The third-order valence-electron chi connectivity index (χ3n) is 3.14. The molecule has 0 bridgehead atoms. The fraction of sp³-hybridized carbons (Fsp3) is 0.500. The average molecular weight is 256 g/mol. The van der Waals surface area contributed by atoms with E-state index < -0.39 is 24.1 Å². The molecule has 0 fully saturated rings. The maximum absolute atomic E-state index is 13.0. The number of phenolic OH excluding ortho intramolecular Hbond substituents is 1. The highest BCUT2D eigenvalue weighted by Gasteiger charge is 2.40. The molecule has 0 spiro atoms. The van der Waals surface area contributed by atoms with E-state index >= 15 is 0 Å². The molecule has 0 aliphatic heterocycles. The minimum atomic E-state index is -1.53. The summed E-state index contributed by atoms with van der Waals surface area (Å²) in [5.41, 5.74) is -2.37. The van der Waals surface area contributed by atoms with Crippen LogP contribution in [0.25, 0.3) is 0 Å². The van der Waals surface area contributed by atoms with Gasteiger partial charge < -0.3 is 19.9 Å². The Balaban J connectivity index is 2.95. The highest BCUT2D eigenvalue weighted by atomic mass is 19.1. The molecule has 6 heteroatoms. The van der Waals surface area contributed by atoms with E-state index in [0.717, 1.165) is 18.2 Å². The van der Waals surface area contributed by atoms with Gasteiger partial charge in [-0.2, -0.15) is 0 Å². The lowest BCUT2D eigenvalue weighted by atomic mass is 9.76. The van der Waals surface area contributed by atoms with Gasteiger partial charge in [0.15, 0.2) is 0 Å². The first-order valence-corrected chi connectivity index (χ1v) is 5.61.